The summed E-state index contributed by atoms with van der Waals surface area (Å²) < 4.78 is 11.8. The Morgan fingerprint density at radius 2 is 1.81 bits per heavy atom. The molecule has 164 valence electrons. The van der Waals surface area contributed by atoms with Gasteiger partial charge in [-0.25, -0.2) is 5.01 Å². The zero-order valence-corrected chi connectivity index (χ0v) is 19.0. The third-order valence-corrected chi connectivity index (χ3v) is 5.57. The van der Waals surface area contributed by atoms with Gasteiger partial charge in [-0.15, -0.1) is 5.10 Å². The molecule has 3 rings (SSSR count). The van der Waals surface area contributed by atoms with E-state index in [4.69, 9.17) is 9.47 Å². The molecule has 1 atom stereocenters. The number of benzene rings is 2. The number of aryl methyl sites for hydroxylation is 2. The molecule has 2 aromatic rings. The molecule has 0 fully saturated rings. The van der Waals surface area contributed by atoms with Crippen molar-refractivity contribution in [2.24, 2.45) is 5.10 Å². The van der Waals surface area contributed by atoms with Gasteiger partial charge in [0.15, 0.2) is 5.17 Å². The van der Waals surface area contributed by atoms with E-state index in [9.17, 15) is 9.59 Å². The lowest BCUT2D eigenvalue weighted by Crippen LogP contribution is -2.25. The second-order valence-electron chi connectivity index (χ2n) is 7.33. The van der Waals surface area contributed by atoms with E-state index < -0.39 is 5.37 Å². The van der Waals surface area contributed by atoms with E-state index in [-0.39, 0.29) is 11.8 Å². The van der Waals surface area contributed by atoms with Crippen molar-refractivity contribution in [3.8, 4) is 11.5 Å². The molecule has 8 heteroatoms. The van der Waals surface area contributed by atoms with E-state index in [2.05, 4.69) is 10.4 Å². The van der Waals surface area contributed by atoms with Crippen LogP contribution in [0.3, 0.4) is 0 Å². The van der Waals surface area contributed by atoms with E-state index in [1.54, 1.807) is 0 Å². The first-order valence-electron chi connectivity index (χ1n) is 10.1. The summed E-state index contributed by atoms with van der Waals surface area (Å²) in [7, 11) is 0. The predicted molar refractivity (Wildman–Crippen MR) is 122 cm³/mol. The Morgan fingerprint density at radius 3 is 2.52 bits per heavy atom. The Kier molecular flexibility index (Phi) is 7.57. The highest BCUT2D eigenvalue weighted by molar-refractivity contribution is 8.14. The second kappa shape index (κ2) is 10.3. The molecule has 31 heavy (non-hydrogen) atoms. The summed E-state index contributed by atoms with van der Waals surface area (Å²) in [5.41, 5.74) is 3.04. The minimum Gasteiger partial charge on any atom is -0.493 e. The normalized spacial score (nSPS) is 15.4. The van der Waals surface area contributed by atoms with E-state index in [0.29, 0.717) is 30.6 Å². The third-order valence-electron chi connectivity index (χ3n) is 4.49. The lowest BCUT2D eigenvalue weighted by Gasteiger charge is -2.22. The number of nitrogens with zero attached hydrogens (tertiary/aromatic N) is 2. The molecule has 0 spiro atoms. The van der Waals surface area contributed by atoms with Crippen molar-refractivity contribution in [3.05, 3.63) is 59.2 Å². The number of hydrazone groups is 1. The van der Waals surface area contributed by atoms with Crippen LogP contribution in [0.5, 0.6) is 11.5 Å². The van der Waals surface area contributed by atoms with E-state index >= 15 is 0 Å². The first-order valence-corrected chi connectivity index (χ1v) is 11.0. The Hall–Kier alpha value is -3.00. The monoisotopic (exact) mass is 441 g/mol. The highest BCUT2D eigenvalue weighted by Crippen LogP contribution is 2.42. The van der Waals surface area contributed by atoms with Crippen molar-refractivity contribution in [2.45, 2.75) is 39.5 Å². The van der Waals surface area contributed by atoms with Gasteiger partial charge in [0.05, 0.1) is 13.2 Å². The molecule has 2 aromatic carbocycles. The van der Waals surface area contributed by atoms with Crippen molar-refractivity contribution in [3.63, 3.8) is 0 Å². The summed E-state index contributed by atoms with van der Waals surface area (Å²) in [6, 6.07) is 13.8. The number of ether oxygens (including phenoxy) is 2. The molecular formula is C23H27N3O4S. The van der Waals surface area contributed by atoms with Crippen molar-refractivity contribution in [2.75, 3.05) is 13.2 Å². The quantitative estimate of drug-likeness (QED) is 0.653. The minimum atomic E-state index is -0.405. The fourth-order valence-corrected chi connectivity index (χ4v) is 4.25. The third kappa shape index (κ3) is 6.24. The molecule has 1 aliphatic heterocycles. The van der Waals surface area contributed by atoms with Crippen molar-refractivity contribution >= 4 is 28.7 Å². The number of amides is 2. The van der Waals surface area contributed by atoms with Crippen LogP contribution >= 0.6 is 11.8 Å². The number of nitrogens with one attached hydrogen (secondary N) is 1. The number of carbonyl (C=O) groups is 2. The minimum absolute atomic E-state index is 0.211. The zero-order chi connectivity index (χ0) is 22.4. The molecule has 1 aliphatic rings. The van der Waals surface area contributed by atoms with Crippen LogP contribution in [-0.2, 0) is 9.59 Å². The zero-order valence-electron chi connectivity index (χ0n) is 18.2. The smallest absolute Gasteiger partial charge is 0.241 e. The topological polar surface area (TPSA) is 80.2 Å². The number of hydrogen-bond acceptors (Lipinski definition) is 6. The van der Waals surface area contributed by atoms with Gasteiger partial charge in [0, 0.05) is 25.8 Å². The van der Waals surface area contributed by atoms with E-state index in [1.807, 2.05) is 56.3 Å². The Balaban J connectivity index is 1.65. The van der Waals surface area contributed by atoms with Crippen LogP contribution in [0.15, 0.2) is 47.6 Å². The fraction of sp³-hybridized carbons (Fsp3) is 0.348. The van der Waals surface area contributed by atoms with Gasteiger partial charge in [-0.3, -0.25) is 9.59 Å². The number of amidine groups is 1. The van der Waals surface area contributed by atoms with Crippen LogP contribution in [0, 0.1) is 13.8 Å². The maximum Gasteiger partial charge on any atom is 0.241 e. The summed E-state index contributed by atoms with van der Waals surface area (Å²) in [6.45, 7) is 7.88. The first kappa shape index (κ1) is 22.7. The van der Waals surface area contributed by atoms with Crippen LogP contribution in [0.4, 0.5) is 0 Å². The summed E-state index contributed by atoms with van der Waals surface area (Å²) in [4.78, 5) is 23.6. The Labute approximate surface area is 186 Å². The van der Waals surface area contributed by atoms with Gasteiger partial charge in [0.1, 0.15) is 16.9 Å². The predicted octanol–water partition coefficient (Wildman–Crippen LogP) is 4.15. The summed E-state index contributed by atoms with van der Waals surface area (Å²) in [6.07, 6.45) is 0.711. The molecule has 0 bridgehead atoms. The molecule has 0 radical (unpaired) electrons. The second-order valence-corrected chi connectivity index (χ2v) is 8.40. The average Bonchev–Trinajstić information content (AvgIpc) is 3.12. The summed E-state index contributed by atoms with van der Waals surface area (Å²) in [5, 5.41) is 8.29. The summed E-state index contributed by atoms with van der Waals surface area (Å²) >= 11 is 1.31. The van der Waals surface area contributed by atoms with Gasteiger partial charge >= 0.3 is 0 Å². The highest BCUT2D eigenvalue weighted by atomic mass is 32.2. The van der Waals surface area contributed by atoms with Gasteiger partial charge in [0.25, 0.3) is 0 Å². The molecule has 7 nitrogen and oxygen atoms in total. The summed E-state index contributed by atoms with van der Waals surface area (Å²) in [5.74, 6) is 1.09. The van der Waals surface area contributed by atoms with Gasteiger partial charge < -0.3 is 14.8 Å². The van der Waals surface area contributed by atoms with Gasteiger partial charge in [-0.1, -0.05) is 35.5 Å². The SMILES string of the molecule is CC(=O)NC1=NN(C(C)=O)[C@@H](c2cc(C)ccc2OCCCOc2cccc(C)c2)S1. The first-order chi connectivity index (χ1) is 14.8. The van der Waals surface area contributed by atoms with Crippen LogP contribution in [-0.4, -0.2) is 35.2 Å². The van der Waals surface area contributed by atoms with Crippen molar-refractivity contribution in [1.82, 2.24) is 10.3 Å². The molecular weight excluding hydrogens is 414 g/mol. The fourth-order valence-electron chi connectivity index (χ4n) is 3.09. The van der Waals surface area contributed by atoms with Crippen LogP contribution in [0.1, 0.15) is 42.3 Å². The van der Waals surface area contributed by atoms with Crippen LogP contribution in [0.2, 0.25) is 0 Å². The lowest BCUT2D eigenvalue weighted by atomic mass is 10.1. The highest BCUT2D eigenvalue weighted by Gasteiger charge is 2.34. The lowest BCUT2D eigenvalue weighted by molar-refractivity contribution is -0.129. The Morgan fingerprint density at radius 1 is 1.06 bits per heavy atom. The van der Waals surface area contributed by atoms with Crippen LogP contribution < -0.4 is 14.8 Å². The average molecular weight is 442 g/mol. The molecule has 2 amide bonds. The number of rotatable bonds is 7. The van der Waals surface area contributed by atoms with Crippen LogP contribution in [0.25, 0.3) is 0 Å². The number of hydrogen-bond donors (Lipinski definition) is 1. The van der Waals surface area contributed by atoms with E-state index in [1.165, 1.54) is 30.6 Å². The van der Waals surface area contributed by atoms with Gasteiger partial charge in [-0.05, 0) is 43.7 Å². The van der Waals surface area contributed by atoms with E-state index in [0.717, 1.165) is 22.4 Å². The molecule has 1 heterocycles. The maximum absolute atomic E-state index is 12.2. The molecule has 1 N–H and O–H groups in total. The molecule has 0 aliphatic carbocycles. The Bertz CT molecular complexity index is 993. The number of carbonyl (C=O) groups excluding carboxylic acids is 2. The molecule has 0 saturated carbocycles. The van der Waals surface area contributed by atoms with Crippen molar-refractivity contribution in [1.29, 1.82) is 0 Å². The van der Waals surface area contributed by atoms with Crippen molar-refractivity contribution < 1.29 is 19.1 Å². The molecule has 0 aromatic heterocycles. The number of thioether (sulfide) groups is 1. The standard InChI is InChI=1S/C23H27N3O4S/c1-15-7-5-8-19(13-15)29-11-6-12-30-21-10-9-16(2)14-20(21)22-26(18(4)28)25-23(31-22)24-17(3)27/h5,7-10,13-14,22H,6,11-12H2,1-4H3,(H,24,25,27)/t22-/m1/s1. The maximum atomic E-state index is 12.2. The van der Waals surface area contributed by atoms with Gasteiger partial charge in [0.2, 0.25) is 11.8 Å². The molecule has 0 unspecified atom stereocenters. The largest absolute Gasteiger partial charge is 0.493 e. The molecule has 0 saturated heterocycles. The van der Waals surface area contributed by atoms with Gasteiger partial charge in [-0.2, -0.15) is 0 Å².